The second-order valence-corrected chi connectivity index (χ2v) is 3.31. The molecule has 1 atom stereocenters. The first kappa shape index (κ1) is 9.45. The second-order valence-electron chi connectivity index (χ2n) is 3.31. The van der Waals surface area contributed by atoms with Gasteiger partial charge >= 0.3 is 5.97 Å². The van der Waals surface area contributed by atoms with E-state index in [0.29, 0.717) is 0 Å². The molecule has 2 amide bonds. The Bertz CT molecular complexity index is 437. The third-order valence-corrected chi connectivity index (χ3v) is 2.44. The molecule has 0 saturated carbocycles. The highest BCUT2D eigenvalue weighted by molar-refractivity contribution is 6.17. The Morgan fingerprint density at radius 1 is 1.40 bits per heavy atom. The van der Waals surface area contributed by atoms with Crippen molar-refractivity contribution in [2.75, 3.05) is 0 Å². The summed E-state index contributed by atoms with van der Waals surface area (Å²) in [5.74, 6) is -2.70. The van der Waals surface area contributed by atoms with Gasteiger partial charge in [0.25, 0.3) is 5.91 Å². The van der Waals surface area contributed by atoms with Crippen molar-refractivity contribution in [1.82, 2.24) is 9.88 Å². The van der Waals surface area contributed by atoms with Crippen LogP contribution in [0.2, 0.25) is 0 Å². The second kappa shape index (κ2) is 2.94. The summed E-state index contributed by atoms with van der Waals surface area (Å²) >= 11 is 0. The molecule has 1 aromatic rings. The monoisotopic (exact) mass is 208 g/mol. The zero-order chi connectivity index (χ0) is 11.1. The number of hydrogen-bond donors (Lipinski definition) is 2. The lowest BCUT2D eigenvalue weighted by Crippen LogP contribution is -2.47. The summed E-state index contributed by atoms with van der Waals surface area (Å²) in [5.41, 5.74) is -1.82. The van der Waals surface area contributed by atoms with Gasteiger partial charge in [-0.25, -0.2) is 4.79 Å². The molecule has 1 fully saturated rings. The van der Waals surface area contributed by atoms with Gasteiger partial charge in [0.2, 0.25) is 11.4 Å². The van der Waals surface area contributed by atoms with Crippen molar-refractivity contribution < 1.29 is 19.5 Å². The first-order valence-corrected chi connectivity index (χ1v) is 4.28. The van der Waals surface area contributed by atoms with Gasteiger partial charge in [-0.1, -0.05) is 0 Å². The molecule has 0 unspecified atom stereocenters. The molecular formula is C9H8N2O4. The maximum Gasteiger partial charge on any atom is 0.340 e. The van der Waals surface area contributed by atoms with E-state index >= 15 is 0 Å². The highest BCUT2D eigenvalue weighted by Gasteiger charge is 2.54. The van der Waals surface area contributed by atoms with Crippen molar-refractivity contribution in [2.24, 2.45) is 0 Å². The van der Waals surface area contributed by atoms with Crippen molar-refractivity contribution in [3.05, 3.63) is 24.5 Å². The summed E-state index contributed by atoms with van der Waals surface area (Å²) < 4.78 is 1.23. The average molecular weight is 208 g/mol. The van der Waals surface area contributed by atoms with Crippen LogP contribution in [0.25, 0.3) is 0 Å². The standard InChI is InChI=1S/C9H8N2O4/c12-6-5-9(8(14)15,7(13)10-6)11-3-1-2-4-11/h1-4H,5H2,(H,14,15)(H,10,12,13)/t9-/m1/s1. The van der Waals surface area contributed by atoms with E-state index in [2.05, 4.69) is 0 Å². The number of aliphatic carboxylic acids is 1. The minimum absolute atomic E-state index is 0.365. The van der Waals surface area contributed by atoms with Gasteiger partial charge in [-0.3, -0.25) is 14.9 Å². The Morgan fingerprint density at radius 2 is 2.00 bits per heavy atom. The molecule has 2 rings (SSSR count). The molecule has 1 aromatic heterocycles. The van der Waals surface area contributed by atoms with Gasteiger partial charge in [0.05, 0.1) is 6.42 Å². The smallest absolute Gasteiger partial charge is 0.340 e. The lowest BCUT2D eigenvalue weighted by atomic mass is 9.97. The number of aromatic nitrogens is 1. The number of imide groups is 1. The first-order valence-electron chi connectivity index (χ1n) is 4.28. The Hall–Kier alpha value is -2.11. The largest absolute Gasteiger partial charge is 0.479 e. The molecule has 15 heavy (non-hydrogen) atoms. The van der Waals surface area contributed by atoms with Crippen LogP contribution < -0.4 is 5.32 Å². The third-order valence-electron chi connectivity index (χ3n) is 2.44. The normalized spacial score (nSPS) is 25.3. The van der Waals surface area contributed by atoms with Crippen LogP contribution in [0.1, 0.15) is 6.42 Å². The van der Waals surface area contributed by atoms with E-state index in [1.165, 1.54) is 17.0 Å². The summed E-state index contributed by atoms with van der Waals surface area (Å²) in [6.45, 7) is 0. The number of carbonyl (C=O) groups excluding carboxylic acids is 2. The van der Waals surface area contributed by atoms with Crippen molar-refractivity contribution in [1.29, 1.82) is 0 Å². The highest BCUT2D eigenvalue weighted by atomic mass is 16.4. The number of nitrogens with zero attached hydrogens (tertiary/aromatic N) is 1. The number of hydrogen-bond acceptors (Lipinski definition) is 3. The quantitative estimate of drug-likeness (QED) is 0.497. The highest BCUT2D eigenvalue weighted by Crippen LogP contribution is 2.26. The Labute approximate surface area is 84.5 Å². The molecule has 78 valence electrons. The fraction of sp³-hybridized carbons (Fsp3) is 0.222. The topological polar surface area (TPSA) is 88.4 Å². The lowest BCUT2D eigenvalue weighted by molar-refractivity contribution is -0.152. The Morgan fingerprint density at radius 3 is 2.40 bits per heavy atom. The summed E-state index contributed by atoms with van der Waals surface area (Å²) in [7, 11) is 0. The van der Waals surface area contributed by atoms with Gasteiger partial charge in [-0.2, -0.15) is 0 Å². The van der Waals surface area contributed by atoms with Crippen LogP contribution in [-0.4, -0.2) is 27.5 Å². The molecule has 6 nitrogen and oxygen atoms in total. The first-order chi connectivity index (χ1) is 7.07. The van der Waals surface area contributed by atoms with Crippen LogP contribution in [-0.2, 0) is 19.9 Å². The minimum Gasteiger partial charge on any atom is -0.479 e. The molecule has 1 aliphatic rings. The molecule has 0 spiro atoms. The SMILES string of the molecule is O=C1C[C@@](C(=O)O)(n2cccc2)C(=O)N1. The van der Waals surface area contributed by atoms with E-state index in [1.54, 1.807) is 12.1 Å². The molecular weight excluding hydrogens is 200 g/mol. The summed E-state index contributed by atoms with van der Waals surface area (Å²) in [4.78, 5) is 33.7. The number of amides is 2. The zero-order valence-corrected chi connectivity index (χ0v) is 7.64. The summed E-state index contributed by atoms with van der Waals surface area (Å²) in [5, 5.41) is 11.1. The molecule has 6 heteroatoms. The van der Waals surface area contributed by atoms with Crippen LogP contribution in [0, 0.1) is 0 Å². The number of carboxylic acid groups (broad SMARTS) is 1. The maximum absolute atomic E-state index is 11.5. The van der Waals surface area contributed by atoms with E-state index in [9.17, 15) is 14.4 Å². The number of rotatable bonds is 2. The van der Waals surface area contributed by atoms with Crippen LogP contribution in [0.5, 0.6) is 0 Å². The van der Waals surface area contributed by atoms with E-state index in [0.717, 1.165) is 0 Å². The number of nitrogens with one attached hydrogen (secondary N) is 1. The van der Waals surface area contributed by atoms with Crippen molar-refractivity contribution >= 4 is 17.8 Å². The van der Waals surface area contributed by atoms with Crippen LogP contribution >= 0.6 is 0 Å². The van der Waals surface area contributed by atoms with Crippen LogP contribution in [0.15, 0.2) is 24.5 Å². The lowest BCUT2D eigenvalue weighted by Gasteiger charge is -2.21. The van der Waals surface area contributed by atoms with Crippen molar-refractivity contribution in [3.63, 3.8) is 0 Å². The zero-order valence-electron chi connectivity index (χ0n) is 7.64. The van der Waals surface area contributed by atoms with E-state index < -0.39 is 23.3 Å². The fourth-order valence-electron chi connectivity index (χ4n) is 1.67. The van der Waals surface area contributed by atoms with E-state index in [1.807, 2.05) is 5.32 Å². The van der Waals surface area contributed by atoms with E-state index in [-0.39, 0.29) is 6.42 Å². The molecule has 0 aromatic carbocycles. The minimum atomic E-state index is -1.82. The molecule has 2 heterocycles. The predicted molar refractivity (Wildman–Crippen MR) is 47.8 cm³/mol. The fourth-order valence-corrected chi connectivity index (χ4v) is 1.67. The predicted octanol–water partition coefficient (Wildman–Crippen LogP) is -0.686. The molecule has 0 bridgehead atoms. The summed E-state index contributed by atoms with van der Waals surface area (Å²) in [6.07, 6.45) is 2.54. The van der Waals surface area contributed by atoms with Gasteiger partial charge in [-0.05, 0) is 12.1 Å². The molecule has 2 N–H and O–H groups in total. The molecule has 0 aliphatic carbocycles. The van der Waals surface area contributed by atoms with Gasteiger partial charge in [0.15, 0.2) is 0 Å². The molecule has 0 radical (unpaired) electrons. The Kier molecular flexibility index (Phi) is 1.85. The van der Waals surface area contributed by atoms with Crippen molar-refractivity contribution in [2.45, 2.75) is 12.0 Å². The van der Waals surface area contributed by atoms with Gasteiger partial charge in [0, 0.05) is 12.4 Å². The molecule has 1 aliphatic heterocycles. The van der Waals surface area contributed by atoms with Crippen LogP contribution in [0.3, 0.4) is 0 Å². The number of carbonyl (C=O) groups is 3. The Balaban J connectivity index is 2.56. The van der Waals surface area contributed by atoms with Crippen molar-refractivity contribution in [3.8, 4) is 0 Å². The van der Waals surface area contributed by atoms with Gasteiger partial charge in [0.1, 0.15) is 0 Å². The third kappa shape index (κ3) is 1.14. The van der Waals surface area contributed by atoms with Gasteiger partial charge in [-0.15, -0.1) is 0 Å². The van der Waals surface area contributed by atoms with Gasteiger partial charge < -0.3 is 9.67 Å². The van der Waals surface area contributed by atoms with E-state index in [4.69, 9.17) is 5.11 Å². The number of carboxylic acids is 1. The van der Waals surface area contributed by atoms with Crippen LogP contribution in [0.4, 0.5) is 0 Å². The molecule has 1 saturated heterocycles. The average Bonchev–Trinajstić information content (AvgIpc) is 2.72. The summed E-state index contributed by atoms with van der Waals surface area (Å²) in [6, 6.07) is 3.20. The maximum atomic E-state index is 11.5.